The van der Waals surface area contributed by atoms with Gasteiger partial charge in [-0.2, -0.15) is 0 Å². The third-order valence-electron chi connectivity index (χ3n) is 6.41. The predicted molar refractivity (Wildman–Crippen MR) is 113 cm³/mol. The highest BCUT2D eigenvalue weighted by atomic mass is 16.2. The highest BCUT2D eigenvalue weighted by molar-refractivity contribution is 5.88. The summed E-state index contributed by atoms with van der Waals surface area (Å²) in [6, 6.07) is 8.59. The summed E-state index contributed by atoms with van der Waals surface area (Å²) in [5.41, 5.74) is 2.31. The predicted octanol–water partition coefficient (Wildman–Crippen LogP) is 3.77. The molecular weight excluding hydrogens is 350 g/mol. The minimum absolute atomic E-state index is 0.0234. The highest BCUT2D eigenvalue weighted by Gasteiger charge is 2.25. The van der Waals surface area contributed by atoms with Crippen LogP contribution >= 0.6 is 0 Å². The molecule has 0 radical (unpaired) electrons. The number of nitrogens with one attached hydrogen (secondary N) is 2. The number of rotatable bonds is 7. The van der Waals surface area contributed by atoms with Crippen molar-refractivity contribution in [2.24, 2.45) is 5.92 Å². The SMILES string of the molecule is CC(NC(=O)C1CCCC1)C(=O)NCc1ccc(N(C)C2CCCCC2)cc1. The number of benzene rings is 1. The molecule has 0 aromatic heterocycles. The molecular formula is C23H35N3O2. The van der Waals surface area contributed by atoms with Crippen molar-refractivity contribution >= 4 is 17.5 Å². The van der Waals surface area contributed by atoms with Crippen LogP contribution in [-0.2, 0) is 16.1 Å². The summed E-state index contributed by atoms with van der Waals surface area (Å²) in [5, 5.41) is 5.80. The fraction of sp³-hybridized carbons (Fsp3) is 0.652. The first-order chi connectivity index (χ1) is 13.5. The van der Waals surface area contributed by atoms with E-state index < -0.39 is 6.04 Å². The molecule has 3 rings (SSSR count). The Morgan fingerprint density at radius 3 is 2.25 bits per heavy atom. The van der Waals surface area contributed by atoms with Crippen molar-refractivity contribution in [2.75, 3.05) is 11.9 Å². The first-order valence-electron chi connectivity index (χ1n) is 10.9. The Morgan fingerprint density at radius 2 is 1.61 bits per heavy atom. The molecule has 1 atom stereocenters. The number of hydrogen-bond donors (Lipinski definition) is 2. The lowest BCUT2D eigenvalue weighted by Gasteiger charge is -2.33. The average molecular weight is 386 g/mol. The van der Waals surface area contributed by atoms with Gasteiger partial charge in [-0.15, -0.1) is 0 Å². The van der Waals surface area contributed by atoms with Gasteiger partial charge in [-0.1, -0.05) is 44.2 Å². The molecule has 1 unspecified atom stereocenters. The molecule has 0 heterocycles. The van der Waals surface area contributed by atoms with Crippen molar-refractivity contribution in [2.45, 2.75) is 83.3 Å². The Bertz CT molecular complexity index is 646. The molecule has 0 spiro atoms. The molecule has 154 valence electrons. The van der Waals surface area contributed by atoms with E-state index in [2.05, 4.69) is 46.8 Å². The van der Waals surface area contributed by atoms with Crippen LogP contribution in [0.4, 0.5) is 5.69 Å². The zero-order valence-corrected chi connectivity index (χ0v) is 17.4. The van der Waals surface area contributed by atoms with Crippen molar-refractivity contribution in [3.8, 4) is 0 Å². The van der Waals surface area contributed by atoms with Crippen LogP contribution in [0, 0.1) is 5.92 Å². The van der Waals surface area contributed by atoms with Gasteiger partial charge in [0, 0.05) is 31.2 Å². The summed E-state index contributed by atoms with van der Waals surface area (Å²) in [5.74, 6) is -0.0195. The molecule has 5 heteroatoms. The molecule has 2 aliphatic rings. The molecule has 2 amide bonds. The third kappa shape index (κ3) is 5.49. The molecule has 2 aliphatic carbocycles. The summed E-state index contributed by atoms with van der Waals surface area (Å²) in [6.45, 7) is 2.24. The second-order valence-corrected chi connectivity index (χ2v) is 8.50. The largest absolute Gasteiger partial charge is 0.372 e. The maximum atomic E-state index is 12.3. The molecule has 0 aliphatic heterocycles. The lowest BCUT2D eigenvalue weighted by molar-refractivity contribution is -0.130. The van der Waals surface area contributed by atoms with E-state index in [1.807, 2.05) is 0 Å². The Morgan fingerprint density at radius 1 is 1.00 bits per heavy atom. The summed E-state index contributed by atoms with van der Waals surface area (Å²) in [6.07, 6.45) is 10.7. The molecule has 0 saturated heterocycles. The topological polar surface area (TPSA) is 61.4 Å². The molecule has 0 bridgehead atoms. The number of nitrogens with zero attached hydrogens (tertiary/aromatic N) is 1. The Labute approximate surface area is 169 Å². The fourth-order valence-corrected chi connectivity index (χ4v) is 4.46. The van der Waals surface area contributed by atoms with Crippen molar-refractivity contribution in [3.05, 3.63) is 29.8 Å². The van der Waals surface area contributed by atoms with Gasteiger partial charge in [0.25, 0.3) is 0 Å². The maximum Gasteiger partial charge on any atom is 0.242 e. The number of carbonyl (C=O) groups excluding carboxylic acids is 2. The van der Waals surface area contributed by atoms with Crippen LogP contribution in [0.3, 0.4) is 0 Å². The van der Waals surface area contributed by atoms with Gasteiger partial charge in [-0.25, -0.2) is 0 Å². The van der Waals surface area contributed by atoms with Crippen LogP contribution in [0.15, 0.2) is 24.3 Å². The number of anilines is 1. The third-order valence-corrected chi connectivity index (χ3v) is 6.41. The minimum Gasteiger partial charge on any atom is -0.372 e. The number of carbonyl (C=O) groups is 2. The van der Waals surface area contributed by atoms with E-state index in [1.54, 1.807) is 6.92 Å². The van der Waals surface area contributed by atoms with E-state index in [1.165, 1.54) is 37.8 Å². The summed E-state index contributed by atoms with van der Waals surface area (Å²) >= 11 is 0. The second kappa shape index (κ2) is 9.94. The standard InChI is InChI=1S/C23H35N3O2/c1-17(25-23(28)19-8-6-7-9-19)22(27)24-16-18-12-14-21(15-13-18)26(2)20-10-4-3-5-11-20/h12-15,17,19-20H,3-11,16H2,1-2H3,(H,24,27)(H,25,28). The second-order valence-electron chi connectivity index (χ2n) is 8.50. The lowest BCUT2D eigenvalue weighted by Crippen LogP contribution is -2.46. The zero-order valence-electron chi connectivity index (χ0n) is 17.4. The summed E-state index contributed by atoms with van der Waals surface area (Å²) in [4.78, 5) is 26.9. The number of hydrogen-bond acceptors (Lipinski definition) is 3. The van der Waals surface area contributed by atoms with Crippen molar-refractivity contribution < 1.29 is 9.59 Å². The van der Waals surface area contributed by atoms with Gasteiger partial charge in [0.2, 0.25) is 11.8 Å². The van der Waals surface area contributed by atoms with E-state index in [0.717, 1.165) is 31.2 Å². The van der Waals surface area contributed by atoms with Crippen LogP contribution < -0.4 is 15.5 Å². The quantitative estimate of drug-likeness (QED) is 0.751. The monoisotopic (exact) mass is 385 g/mol. The highest BCUT2D eigenvalue weighted by Crippen LogP contribution is 2.26. The molecule has 2 saturated carbocycles. The smallest absolute Gasteiger partial charge is 0.242 e. The Hall–Kier alpha value is -2.04. The lowest BCUT2D eigenvalue weighted by atomic mass is 9.94. The summed E-state index contributed by atoms with van der Waals surface area (Å²) in [7, 11) is 2.18. The van der Waals surface area contributed by atoms with E-state index in [9.17, 15) is 9.59 Å². The molecule has 28 heavy (non-hydrogen) atoms. The number of amides is 2. The van der Waals surface area contributed by atoms with Crippen LogP contribution in [0.5, 0.6) is 0 Å². The van der Waals surface area contributed by atoms with Gasteiger partial charge in [-0.3, -0.25) is 9.59 Å². The maximum absolute atomic E-state index is 12.3. The van der Waals surface area contributed by atoms with Crippen LogP contribution in [0.1, 0.15) is 70.3 Å². The van der Waals surface area contributed by atoms with E-state index >= 15 is 0 Å². The Kier molecular flexibility index (Phi) is 7.35. The van der Waals surface area contributed by atoms with Gasteiger partial charge in [0.05, 0.1) is 0 Å². The van der Waals surface area contributed by atoms with Crippen molar-refractivity contribution in [1.82, 2.24) is 10.6 Å². The van der Waals surface area contributed by atoms with Gasteiger partial charge in [-0.05, 0) is 50.3 Å². The molecule has 1 aromatic rings. The van der Waals surface area contributed by atoms with Crippen molar-refractivity contribution in [1.29, 1.82) is 0 Å². The van der Waals surface area contributed by atoms with Crippen LogP contribution in [0.25, 0.3) is 0 Å². The molecule has 1 aromatic carbocycles. The van der Waals surface area contributed by atoms with Gasteiger partial charge < -0.3 is 15.5 Å². The van der Waals surface area contributed by atoms with Crippen molar-refractivity contribution in [3.63, 3.8) is 0 Å². The Balaban J connectivity index is 1.44. The molecule has 2 N–H and O–H groups in total. The average Bonchev–Trinajstić information content (AvgIpc) is 3.27. The van der Waals surface area contributed by atoms with Crippen LogP contribution in [0.2, 0.25) is 0 Å². The first-order valence-corrected chi connectivity index (χ1v) is 10.9. The first kappa shape index (κ1) is 20.7. The van der Waals surface area contributed by atoms with E-state index in [-0.39, 0.29) is 17.7 Å². The van der Waals surface area contributed by atoms with Crippen LogP contribution in [-0.4, -0.2) is 30.9 Å². The van der Waals surface area contributed by atoms with Gasteiger partial charge in [0.1, 0.15) is 6.04 Å². The van der Waals surface area contributed by atoms with Gasteiger partial charge >= 0.3 is 0 Å². The molecule has 2 fully saturated rings. The van der Waals surface area contributed by atoms with E-state index in [0.29, 0.717) is 12.6 Å². The van der Waals surface area contributed by atoms with Gasteiger partial charge in [0.15, 0.2) is 0 Å². The minimum atomic E-state index is -0.496. The van der Waals surface area contributed by atoms with E-state index in [4.69, 9.17) is 0 Å². The molecule has 5 nitrogen and oxygen atoms in total. The normalized spacial score (nSPS) is 19.2. The fourth-order valence-electron chi connectivity index (χ4n) is 4.46. The zero-order chi connectivity index (χ0) is 19.9. The summed E-state index contributed by atoms with van der Waals surface area (Å²) < 4.78 is 0.